The maximum atomic E-state index is 13.1. The molecule has 15 heteroatoms. The smallest absolute Gasteiger partial charge is 0.326 e. The number of nitrogens with one attached hydrogen (secondary N) is 5. The van der Waals surface area contributed by atoms with Crippen LogP contribution in [0.25, 0.3) is 0 Å². The van der Waals surface area contributed by atoms with Gasteiger partial charge in [-0.3, -0.25) is 19.2 Å². The van der Waals surface area contributed by atoms with Gasteiger partial charge in [0, 0.05) is 36.6 Å². The number of carboxylic acid groups (broad SMARTS) is 1. The third kappa shape index (κ3) is 8.50. The zero-order chi connectivity index (χ0) is 26.8. The van der Waals surface area contributed by atoms with E-state index in [1.807, 2.05) is 0 Å². The highest BCUT2D eigenvalue weighted by Gasteiger charge is 2.32. The lowest BCUT2D eigenvalue weighted by Gasteiger charge is -2.27. The van der Waals surface area contributed by atoms with Crippen molar-refractivity contribution in [2.24, 2.45) is 17.4 Å². The number of carbonyl (C=O) groups excluding carboxylic acids is 4. The molecule has 2 aromatic rings. The minimum Gasteiger partial charge on any atom is -0.480 e. The predicted molar refractivity (Wildman–Crippen MR) is 125 cm³/mol. The van der Waals surface area contributed by atoms with Crippen LogP contribution in [-0.2, 0) is 36.8 Å². The van der Waals surface area contributed by atoms with Crippen LogP contribution in [0.4, 0.5) is 0 Å². The molecule has 2 heterocycles. The highest BCUT2D eigenvalue weighted by atomic mass is 16.4. The molecule has 4 unspecified atom stereocenters. The maximum absolute atomic E-state index is 13.1. The molecular formula is C21H31N9O6. The van der Waals surface area contributed by atoms with E-state index in [4.69, 9.17) is 11.5 Å². The van der Waals surface area contributed by atoms with Gasteiger partial charge in [0.25, 0.3) is 0 Å². The highest BCUT2D eigenvalue weighted by Crippen LogP contribution is 2.07. The number of imidazole rings is 2. The molecule has 0 aliphatic carbocycles. The summed E-state index contributed by atoms with van der Waals surface area (Å²) in [5.74, 6) is -4.71. The molecule has 0 fully saturated rings. The van der Waals surface area contributed by atoms with Gasteiger partial charge in [0.1, 0.15) is 18.1 Å². The van der Waals surface area contributed by atoms with Gasteiger partial charge in [-0.15, -0.1) is 0 Å². The number of hydrogen-bond acceptors (Lipinski definition) is 8. The van der Waals surface area contributed by atoms with Crippen LogP contribution in [0.5, 0.6) is 0 Å². The fourth-order valence-electron chi connectivity index (χ4n) is 3.28. The Morgan fingerprint density at radius 3 is 1.86 bits per heavy atom. The van der Waals surface area contributed by atoms with E-state index >= 15 is 0 Å². The molecule has 0 bridgehead atoms. The van der Waals surface area contributed by atoms with E-state index in [0.717, 1.165) is 0 Å². The number of carboxylic acids is 1. The Labute approximate surface area is 206 Å². The molecular weight excluding hydrogens is 474 g/mol. The second kappa shape index (κ2) is 13.0. The van der Waals surface area contributed by atoms with Crippen LogP contribution in [0, 0.1) is 5.92 Å². The molecule has 2 rings (SSSR count). The summed E-state index contributed by atoms with van der Waals surface area (Å²) in [6.45, 7) is 3.33. The van der Waals surface area contributed by atoms with Crippen LogP contribution in [0.2, 0.25) is 0 Å². The maximum Gasteiger partial charge on any atom is 0.326 e. The number of hydrogen-bond donors (Lipinski definition) is 8. The van der Waals surface area contributed by atoms with E-state index in [1.165, 1.54) is 25.0 Å². The zero-order valence-corrected chi connectivity index (χ0v) is 19.9. The van der Waals surface area contributed by atoms with Crippen LogP contribution in [0.3, 0.4) is 0 Å². The predicted octanol–water partition coefficient (Wildman–Crippen LogP) is -2.68. The molecule has 4 amide bonds. The summed E-state index contributed by atoms with van der Waals surface area (Å²) in [5, 5.41) is 17.0. The van der Waals surface area contributed by atoms with Gasteiger partial charge in [0.2, 0.25) is 23.6 Å². The van der Waals surface area contributed by atoms with Gasteiger partial charge in [-0.05, 0) is 5.92 Å². The molecule has 0 aliphatic rings. The van der Waals surface area contributed by atoms with Crippen LogP contribution in [0.1, 0.15) is 31.7 Å². The first-order valence-corrected chi connectivity index (χ1v) is 11.1. The fraction of sp³-hybridized carbons (Fsp3) is 0.476. The molecule has 0 radical (unpaired) electrons. The first-order chi connectivity index (χ1) is 17.0. The van der Waals surface area contributed by atoms with Gasteiger partial charge in [-0.1, -0.05) is 13.8 Å². The topological polar surface area (TPSA) is 251 Å². The van der Waals surface area contributed by atoms with Crippen molar-refractivity contribution in [2.45, 2.75) is 57.3 Å². The molecule has 196 valence electrons. The molecule has 36 heavy (non-hydrogen) atoms. The summed E-state index contributed by atoms with van der Waals surface area (Å²) >= 11 is 0. The Kier molecular flexibility index (Phi) is 10.1. The summed E-state index contributed by atoms with van der Waals surface area (Å²) in [6, 6.07) is -4.86. The first-order valence-electron chi connectivity index (χ1n) is 11.1. The van der Waals surface area contributed by atoms with Crippen molar-refractivity contribution in [2.75, 3.05) is 0 Å². The SMILES string of the molecule is CC(C)C(NC(=O)C(Cc1cnc[nH]1)NC(=O)C(N)CC(N)=O)C(=O)NC(Cc1cnc[nH]1)C(=O)O. The third-order valence-electron chi connectivity index (χ3n) is 5.21. The van der Waals surface area contributed by atoms with Gasteiger partial charge < -0.3 is 42.5 Å². The lowest BCUT2D eigenvalue weighted by molar-refractivity contribution is -0.142. The lowest BCUT2D eigenvalue weighted by atomic mass is 10.0. The van der Waals surface area contributed by atoms with Crippen molar-refractivity contribution < 1.29 is 29.1 Å². The standard InChI is InChI=1S/C21H31N9O6/c1-10(2)17(20(34)29-15(21(35)36)4-12-7-25-9-27-12)30-19(33)14(3-11-6-24-8-26-11)28-18(32)13(22)5-16(23)31/h6-10,13-15,17H,3-5,22H2,1-2H3,(H2,23,31)(H,24,26)(H,25,27)(H,28,32)(H,29,34)(H,30,33)(H,35,36). The Morgan fingerprint density at radius 1 is 0.889 bits per heavy atom. The number of amides is 4. The van der Waals surface area contributed by atoms with Crippen molar-refractivity contribution in [3.8, 4) is 0 Å². The molecule has 2 aromatic heterocycles. The lowest BCUT2D eigenvalue weighted by Crippen LogP contribution is -2.59. The quantitative estimate of drug-likeness (QED) is 0.133. The Balaban J connectivity index is 2.15. The monoisotopic (exact) mass is 505 g/mol. The summed E-state index contributed by atoms with van der Waals surface area (Å²) < 4.78 is 0. The first kappa shape index (κ1) is 28.0. The minimum absolute atomic E-state index is 0.0229. The summed E-state index contributed by atoms with van der Waals surface area (Å²) in [7, 11) is 0. The average molecular weight is 506 g/mol. The van der Waals surface area contributed by atoms with Crippen molar-refractivity contribution in [3.05, 3.63) is 36.4 Å². The average Bonchev–Trinajstić information content (AvgIpc) is 3.49. The van der Waals surface area contributed by atoms with Gasteiger partial charge in [-0.25, -0.2) is 14.8 Å². The van der Waals surface area contributed by atoms with Gasteiger partial charge in [-0.2, -0.15) is 0 Å². The van der Waals surface area contributed by atoms with E-state index in [1.54, 1.807) is 13.8 Å². The normalized spacial score (nSPS) is 14.3. The van der Waals surface area contributed by atoms with Crippen LogP contribution in [-0.4, -0.2) is 78.8 Å². The molecule has 0 saturated carbocycles. The molecule has 0 aliphatic heterocycles. The van der Waals surface area contributed by atoms with Crippen molar-refractivity contribution in [1.29, 1.82) is 0 Å². The Hall–Kier alpha value is -4.27. The van der Waals surface area contributed by atoms with Crippen molar-refractivity contribution in [3.63, 3.8) is 0 Å². The number of primary amides is 1. The van der Waals surface area contributed by atoms with E-state index < -0.39 is 66.1 Å². The Morgan fingerprint density at radius 2 is 1.42 bits per heavy atom. The third-order valence-corrected chi connectivity index (χ3v) is 5.21. The van der Waals surface area contributed by atoms with Crippen LogP contribution >= 0.6 is 0 Å². The van der Waals surface area contributed by atoms with E-state index in [2.05, 4.69) is 35.9 Å². The summed E-state index contributed by atoms with van der Waals surface area (Å²) in [5.41, 5.74) is 11.8. The number of H-pyrrole nitrogens is 2. The number of aromatic nitrogens is 4. The number of nitrogens with two attached hydrogens (primary N) is 2. The number of nitrogens with zero attached hydrogens (tertiary/aromatic N) is 2. The molecule has 10 N–H and O–H groups in total. The zero-order valence-electron chi connectivity index (χ0n) is 19.9. The summed E-state index contributed by atoms with van der Waals surface area (Å²) in [6.07, 6.45) is 5.18. The van der Waals surface area contributed by atoms with E-state index in [9.17, 15) is 29.1 Å². The molecule has 0 spiro atoms. The second-order valence-electron chi connectivity index (χ2n) is 8.53. The van der Waals surface area contributed by atoms with Crippen LogP contribution < -0.4 is 27.4 Å². The molecule has 0 aromatic carbocycles. The second-order valence-corrected chi connectivity index (χ2v) is 8.53. The van der Waals surface area contributed by atoms with Gasteiger partial charge in [0.05, 0.1) is 25.1 Å². The molecule has 0 saturated heterocycles. The fourth-order valence-corrected chi connectivity index (χ4v) is 3.28. The van der Waals surface area contributed by atoms with Crippen molar-refractivity contribution >= 4 is 29.6 Å². The Bertz CT molecular complexity index is 1040. The number of aromatic amines is 2. The van der Waals surface area contributed by atoms with E-state index in [-0.39, 0.29) is 12.8 Å². The number of aliphatic carboxylic acids is 1. The van der Waals surface area contributed by atoms with Crippen molar-refractivity contribution in [1.82, 2.24) is 35.9 Å². The number of carbonyl (C=O) groups is 5. The molecule has 15 nitrogen and oxygen atoms in total. The van der Waals surface area contributed by atoms with E-state index in [0.29, 0.717) is 11.4 Å². The summed E-state index contributed by atoms with van der Waals surface area (Å²) in [4.78, 5) is 74.6. The minimum atomic E-state index is -1.28. The van der Waals surface area contributed by atoms with Gasteiger partial charge >= 0.3 is 5.97 Å². The highest BCUT2D eigenvalue weighted by molar-refractivity contribution is 5.95. The molecule has 4 atom stereocenters. The van der Waals surface area contributed by atoms with Crippen LogP contribution in [0.15, 0.2) is 25.0 Å². The number of rotatable bonds is 14. The largest absolute Gasteiger partial charge is 0.480 e. The van der Waals surface area contributed by atoms with Gasteiger partial charge in [0.15, 0.2) is 0 Å².